The van der Waals surface area contributed by atoms with E-state index in [0.717, 1.165) is 24.8 Å². The second-order valence-corrected chi connectivity index (χ2v) is 8.91. The van der Waals surface area contributed by atoms with E-state index in [-0.39, 0.29) is 23.9 Å². The highest BCUT2D eigenvalue weighted by Crippen LogP contribution is 2.43. The smallest absolute Gasteiger partial charge is 0.136 e. The lowest BCUT2D eigenvalue weighted by molar-refractivity contribution is -0.125. The molecule has 3 heteroatoms. The lowest BCUT2D eigenvalue weighted by Crippen LogP contribution is -2.27. The number of rotatable bonds is 10. The van der Waals surface area contributed by atoms with Gasteiger partial charge in [0.1, 0.15) is 11.5 Å². The highest BCUT2D eigenvalue weighted by molar-refractivity contribution is 5.83. The van der Waals surface area contributed by atoms with Crippen molar-refractivity contribution in [3.63, 3.8) is 0 Å². The Balaban J connectivity index is 2.15. The van der Waals surface area contributed by atoms with E-state index in [1.807, 2.05) is 12.1 Å². The number of phenolic OH excluding ortho intramolecular Hbond substituents is 1. The van der Waals surface area contributed by atoms with Gasteiger partial charge in [-0.05, 0) is 60.6 Å². The molecule has 0 amide bonds. The molecule has 0 aliphatic heterocycles. The van der Waals surface area contributed by atoms with Gasteiger partial charge < -0.3 is 10.2 Å². The predicted molar refractivity (Wildman–Crippen MR) is 111 cm³/mol. The highest BCUT2D eigenvalue weighted by Gasteiger charge is 2.34. The molecular weight excluding hydrogens is 336 g/mol. The molecule has 27 heavy (non-hydrogen) atoms. The molecule has 1 aliphatic carbocycles. The van der Waals surface area contributed by atoms with Gasteiger partial charge in [-0.15, -0.1) is 0 Å². The van der Waals surface area contributed by atoms with Gasteiger partial charge in [0.25, 0.3) is 0 Å². The molecule has 0 radical (unpaired) electrons. The van der Waals surface area contributed by atoms with Crippen LogP contribution < -0.4 is 0 Å². The third kappa shape index (κ3) is 5.81. The predicted octanol–water partition coefficient (Wildman–Crippen LogP) is 5.87. The Hall–Kier alpha value is -1.35. The average Bonchev–Trinajstić information content (AvgIpc) is 2.64. The summed E-state index contributed by atoms with van der Waals surface area (Å²) >= 11 is 0. The van der Waals surface area contributed by atoms with Crippen molar-refractivity contribution in [3.05, 3.63) is 29.3 Å². The van der Waals surface area contributed by atoms with Crippen LogP contribution in [0, 0.1) is 5.92 Å². The summed E-state index contributed by atoms with van der Waals surface area (Å²) in [5.74, 6) is 0.645. The normalized spacial score (nSPS) is 20.8. The number of hydrogen-bond donors (Lipinski definition) is 2. The number of aliphatic hydroxyl groups is 1. The summed E-state index contributed by atoms with van der Waals surface area (Å²) < 4.78 is 0. The average molecular weight is 375 g/mol. The van der Waals surface area contributed by atoms with Gasteiger partial charge in [-0.25, -0.2) is 0 Å². The van der Waals surface area contributed by atoms with Gasteiger partial charge in [0.05, 0.1) is 0 Å². The van der Waals surface area contributed by atoms with Crippen molar-refractivity contribution in [2.45, 2.75) is 96.3 Å². The first-order valence-electron chi connectivity index (χ1n) is 10.9. The van der Waals surface area contributed by atoms with Crippen LogP contribution in [0.2, 0.25) is 0 Å². The first kappa shape index (κ1) is 21.9. The Morgan fingerprint density at radius 3 is 2.59 bits per heavy atom. The number of aromatic hydroxyl groups is 1. The topological polar surface area (TPSA) is 57.5 Å². The maximum atomic E-state index is 12.4. The van der Waals surface area contributed by atoms with Crippen molar-refractivity contribution in [1.82, 2.24) is 0 Å². The minimum Gasteiger partial charge on any atom is -0.508 e. The number of carbonyl (C=O) groups is 1. The zero-order valence-corrected chi connectivity index (χ0v) is 17.5. The van der Waals surface area contributed by atoms with Crippen molar-refractivity contribution in [2.75, 3.05) is 6.61 Å². The Morgan fingerprint density at radius 2 is 1.93 bits per heavy atom. The number of aliphatic hydroxyl groups excluding tert-OH is 1. The molecule has 152 valence electrons. The number of unbranched alkanes of at least 4 members (excludes halogenated alkanes) is 3. The minimum absolute atomic E-state index is 0.0441. The summed E-state index contributed by atoms with van der Waals surface area (Å²) in [6.07, 6.45) is 9.95. The maximum Gasteiger partial charge on any atom is 0.136 e. The number of hydrogen-bond acceptors (Lipinski definition) is 3. The Morgan fingerprint density at radius 1 is 1.15 bits per heavy atom. The summed E-state index contributed by atoms with van der Waals surface area (Å²) in [4.78, 5) is 12.4. The van der Waals surface area contributed by atoms with Crippen LogP contribution in [0.1, 0.15) is 102 Å². The van der Waals surface area contributed by atoms with Crippen molar-refractivity contribution < 1.29 is 15.0 Å². The molecular formula is C24H38O3. The van der Waals surface area contributed by atoms with Gasteiger partial charge >= 0.3 is 0 Å². The summed E-state index contributed by atoms with van der Waals surface area (Å²) in [5, 5.41) is 19.9. The van der Waals surface area contributed by atoms with Gasteiger partial charge in [-0.3, -0.25) is 4.79 Å². The quantitative estimate of drug-likeness (QED) is 0.504. The molecule has 0 bridgehead atoms. The van der Waals surface area contributed by atoms with Crippen molar-refractivity contribution >= 4 is 5.78 Å². The lowest BCUT2D eigenvalue weighted by atomic mass is 9.71. The monoisotopic (exact) mass is 374 g/mol. The second-order valence-electron chi connectivity index (χ2n) is 8.91. The molecule has 1 fully saturated rings. The molecule has 0 spiro atoms. The molecule has 1 aromatic carbocycles. The number of benzene rings is 1. The molecule has 1 aliphatic rings. The Kier molecular flexibility index (Phi) is 8.34. The fourth-order valence-electron chi connectivity index (χ4n) is 4.57. The summed E-state index contributed by atoms with van der Waals surface area (Å²) in [6.45, 7) is 6.85. The van der Waals surface area contributed by atoms with Gasteiger partial charge in [0.15, 0.2) is 0 Å². The molecule has 2 rings (SSSR count). The molecule has 0 saturated heterocycles. The standard InChI is InChI=1S/C24H38O3/c1-4-5-6-7-15-24(2,3)18-13-14-21(23(27)17-18)19-10-8-12-22(26)20(19)11-9-16-25/h13-14,17,19-20,25,27H,4-12,15-16H2,1-3H3/t19-,20+/m0/s1. The first-order valence-corrected chi connectivity index (χ1v) is 10.9. The summed E-state index contributed by atoms with van der Waals surface area (Å²) in [6, 6.07) is 6.13. The Bertz CT molecular complexity index is 606. The van der Waals surface area contributed by atoms with Crippen LogP contribution in [0.25, 0.3) is 0 Å². The van der Waals surface area contributed by atoms with Crippen LogP contribution in [0.5, 0.6) is 5.75 Å². The largest absolute Gasteiger partial charge is 0.508 e. The lowest BCUT2D eigenvalue weighted by Gasteiger charge is -2.32. The van der Waals surface area contributed by atoms with Crippen LogP contribution in [-0.4, -0.2) is 22.6 Å². The van der Waals surface area contributed by atoms with Gasteiger partial charge in [0.2, 0.25) is 0 Å². The second kappa shape index (κ2) is 10.3. The van der Waals surface area contributed by atoms with Crippen molar-refractivity contribution in [1.29, 1.82) is 0 Å². The van der Waals surface area contributed by atoms with Crippen molar-refractivity contribution in [3.8, 4) is 5.75 Å². The van der Waals surface area contributed by atoms with Gasteiger partial charge in [-0.1, -0.05) is 58.6 Å². The van der Waals surface area contributed by atoms with Crippen LogP contribution in [0.15, 0.2) is 18.2 Å². The summed E-state index contributed by atoms with van der Waals surface area (Å²) in [7, 11) is 0. The molecule has 1 saturated carbocycles. The fraction of sp³-hybridized carbons (Fsp3) is 0.708. The van der Waals surface area contributed by atoms with Crippen LogP contribution >= 0.6 is 0 Å². The zero-order valence-electron chi connectivity index (χ0n) is 17.5. The van der Waals surface area contributed by atoms with E-state index < -0.39 is 0 Å². The van der Waals surface area contributed by atoms with E-state index in [9.17, 15) is 9.90 Å². The maximum absolute atomic E-state index is 12.4. The third-order valence-corrected chi connectivity index (χ3v) is 6.38. The SMILES string of the molecule is CCCCCCC(C)(C)c1ccc([C@H]2CCCC(=O)[C@@H]2CCCO)c(O)c1. The number of phenols is 1. The fourth-order valence-corrected chi connectivity index (χ4v) is 4.57. The highest BCUT2D eigenvalue weighted by atomic mass is 16.3. The minimum atomic E-state index is -0.0651. The first-order chi connectivity index (χ1) is 12.9. The molecule has 0 aromatic heterocycles. The molecule has 2 N–H and O–H groups in total. The van der Waals surface area contributed by atoms with Gasteiger partial charge in [-0.2, -0.15) is 0 Å². The molecule has 3 nitrogen and oxygen atoms in total. The summed E-state index contributed by atoms with van der Waals surface area (Å²) in [5.41, 5.74) is 2.13. The zero-order chi connectivity index (χ0) is 19.9. The van der Waals surface area contributed by atoms with Gasteiger partial charge in [0, 0.05) is 18.9 Å². The molecule has 0 unspecified atom stereocenters. The van der Waals surface area contributed by atoms with E-state index in [1.54, 1.807) is 0 Å². The van der Waals surface area contributed by atoms with E-state index in [0.29, 0.717) is 30.8 Å². The molecule has 0 heterocycles. The third-order valence-electron chi connectivity index (χ3n) is 6.38. The van der Waals surface area contributed by atoms with E-state index in [4.69, 9.17) is 5.11 Å². The number of ketones is 1. The van der Waals surface area contributed by atoms with E-state index >= 15 is 0 Å². The van der Waals surface area contributed by atoms with Crippen LogP contribution in [-0.2, 0) is 10.2 Å². The van der Waals surface area contributed by atoms with Crippen molar-refractivity contribution in [2.24, 2.45) is 5.92 Å². The number of carbonyl (C=O) groups excluding carboxylic acids is 1. The van der Waals surface area contributed by atoms with Crippen LogP contribution in [0.3, 0.4) is 0 Å². The molecule has 1 aromatic rings. The van der Waals surface area contributed by atoms with E-state index in [2.05, 4.69) is 26.8 Å². The van der Waals surface area contributed by atoms with E-state index in [1.165, 1.54) is 31.2 Å². The Labute approximate surface area is 165 Å². The number of Topliss-reactive ketones (excluding diaryl/α,β-unsaturated/α-hetero) is 1. The molecule has 2 atom stereocenters. The van der Waals surface area contributed by atoms with Crippen LogP contribution in [0.4, 0.5) is 0 Å².